The number of fused-ring (bicyclic) bond motifs is 1. The Morgan fingerprint density at radius 2 is 2.12 bits per heavy atom. The third-order valence-corrected chi connectivity index (χ3v) is 3.16. The average molecular weight is 217 g/mol. The van der Waals surface area contributed by atoms with Gasteiger partial charge in [-0.2, -0.15) is 5.10 Å². The minimum Gasteiger partial charge on any atom is -0.399 e. The smallest absolute Gasteiger partial charge is 0.0706 e. The molecule has 0 bridgehead atoms. The highest BCUT2D eigenvalue weighted by Gasteiger charge is 2.18. The molecule has 4 nitrogen and oxygen atoms in total. The van der Waals surface area contributed by atoms with Gasteiger partial charge in [-0.1, -0.05) is 0 Å². The van der Waals surface area contributed by atoms with E-state index < -0.39 is 0 Å². The summed E-state index contributed by atoms with van der Waals surface area (Å²) in [5.41, 5.74) is 7.74. The van der Waals surface area contributed by atoms with Crippen LogP contribution in [0.4, 0.5) is 5.69 Å². The van der Waals surface area contributed by atoms with Crippen molar-refractivity contribution in [2.24, 2.45) is 0 Å². The van der Waals surface area contributed by atoms with Gasteiger partial charge in [0, 0.05) is 24.3 Å². The second kappa shape index (κ2) is 3.79. The van der Waals surface area contributed by atoms with Crippen molar-refractivity contribution in [3.63, 3.8) is 0 Å². The van der Waals surface area contributed by atoms with E-state index in [0.717, 1.165) is 42.6 Å². The van der Waals surface area contributed by atoms with Gasteiger partial charge in [0.2, 0.25) is 0 Å². The molecular weight excluding hydrogens is 202 g/mol. The topological polar surface area (TPSA) is 53.1 Å². The Bertz CT molecular complexity index is 500. The first kappa shape index (κ1) is 9.66. The quantitative estimate of drug-likeness (QED) is 0.743. The predicted octanol–water partition coefficient (Wildman–Crippen LogP) is 1.97. The normalized spacial score (nSPS) is 18.0. The fraction of sp³-hybridized carbons (Fsp3) is 0.417. The van der Waals surface area contributed by atoms with Gasteiger partial charge in [0.15, 0.2) is 0 Å². The SMILES string of the molecule is Nc1ccc2cnn(C3CCOCC3)c2c1. The number of anilines is 1. The van der Waals surface area contributed by atoms with Crippen LogP contribution < -0.4 is 5.73 Å². The molecule has 0 saturated carbocycles. The van der Waals surface area contributed by atoms with Crippen molar-refractivity contribution in [1.82, 2.24) is 9.78 Å². The van der Waals surface area contributed by atoms with Crippen molar-refractivity contribution in [2.75, 3.05) is 18.9 Å². The molecule has 0 atom stereocenters. The summed E-state index contributed by atoms with van der Waals surface area (Å²) in [5.74, 6) is 0. The summed E-state index contributed by atoms with van der Waals surface area (Å²) >= 11 is 0. The Morgan fingerprint density at radius 1 is 1.31 bits per heavy atom. The molecule has 0 radical (unpaired) electrons. The molecule has 2 aromatic rings. The first-order chi connectivity index (χ1) is 7.84. The van der Waals surface area contributed by atoms with E-state index in [1.165, 1.54) is 0 Å². The molecule has 1 aliphatic rings. The lowest BCUT2D eigenvalue weighted by Gasteiger charge is -2.23. The van der Waals surface area contributed by atoms with Gasteiger partial charge in [0.1, 0.15) is 0 Å². The second-order valence-corrected chi connectivity index (χ2v) is 4.25. The number of hydrogen-bond donors (Lipinski definition) is 1. The molecule has 0 amide bonds. The number of aromatic nitrogens is 2. The van der Waals surface area contributed by atoms with E-state index in [4.69, 9.17) is 10.5 Å². The summed E-state index contributed by atoms with van der Waals surface area (Å²) in [6.45, 7) is 1.66. The van der Waals surface area contributed by atoms with E-state index in [1.54, 1.807) is 0 Å². The largest absolute Gasteiger partial charge is 0.399 e. The maximum atomic E-state index is 5.82. The van der Waals surface area contributed by atoms with E-state index in [2.05, 4.69) is 9.78 Å². The van der Waals surface area contributed by atoms with Crippen LogP contribution in [0.25, 0.3) is 10.9 Å². The monoisotopic (exact) mass is 217 g/mol. The van der Waals surface area contributed by atoms with Crippen molar-refractivity contribution in [2.45, 2.75) is 18.9 Å². The highest BCUT2D eigenvalue weighted by atomic mass is 16.5. The average Bonchev–Trinajstić information content (AvgIpc) is 2.73. The number of benzene rings is 1. The van der Waals surface area contributed by atoms with E-state index in [1.807, 2.05) is 24.4 Å². The summed E-state index contributed by atoms with van der Waals surface area (Å²) in [6.07, 6.45) is 3.97. The third-order valence-electron chi connectivity index (χ3n) is 3.16. The van der Waals surface area contributed by atoms with Crippen molar-refractivity contribution >= 4 is 16.6 Å². The van der Waals surface area contributed by atoms with Crippen LogP contribution in [0.3, 0.4) is 0 Å². The fourth-order valence-electron chi connectivity index (χ4n) is 2.28. The van der Waals surface area contributed by atoms with E-state index in [-0.39, 0.29) is 0 Å². The highest BCUT2D eigenvalue weighted by molar-refractivity contribution is 5.81. The lowest BCUT2D eigenvalue weighted by atomic mass is 10.1. The first-order valence-corrected chi connectivity index (χ1v) is 5.65. The molecule has 84 valence electrons. The molecule has 0 unspecified atom stereocenters. The van der Waals surface area contributed by atoms with E-state index in [9.17, 15) is 0 Å². The van der Waals surface area contributed by atoms with Gasteiger partial charge in [0.25, 0.3) is 0 Å². The number of nitrogen functional groups attached to an aromatic ring is 1. The molecule has 1 fully saturated rings. The number of ether oxygens (including phenoxy) is 1. The van der Waals surface area contributed by atoms with Crippen LogP contribution in [0.1, 0.15) is 18.9 Å². The zero-order valence-corrected chi connectivity index (χ0v) is 9.10. The molecule has 0 spiro atoms. The Labute approximate surface area is 94.0 Å². The van der Waals surface area contributed by atoms with Crippen molar-refractivity contribution < 1.29 is 4.74 Å². The molecule has 1 aromatic carbocycles. The molecule has 2 N–H and O–H groups in total. The van der Waals surface area contributed by atoms with Gasteiger partial charge in [-0.05, 0) is 31.0 Å². The zero-order valence-electron chi connectivity index (χ0n) is 9.10. The van der Waals surface area contributed by atoms with Crippen LogP contribution in [-0.2, 0) is 4.74 Å². The molecule has 16 heavy (non-hydrogen) atoms. The Hall–Kier alpha value is -1.55. The summed E-state index contributed by atoms with van der Waals surface area (Å²) < 4.78 is 7.46. The third kappa shape index (κ3) is 1.55. The summed E-state index contributed by atoms with van der Waals surface area (Å²) in [6, 6.07) is 6.39. The van der Waals surface area contributed by atoms with Crippen molar-refractivity contribution in [3.05, 3.63) is 24.4 Å². The molecular formula is C12H15N3O. The van der Waals surface area contributed by atoms with Crippen LogP contribution in [0, 0.1) is 0 Å². The molecule has 1 saturated heterocycles. The van der Waals surface area contributed by atoms with Gasteiger partial charge >= 0.3 is 0 Å². The molecule has 2 heterocycles. The van der Waals surface area contributed by atoms with Crippen LogP contribution in [0.2, 0.25) is 0 Å². The van der Waals surface area contributed by atoms with Crippen LogP contribution >= 0.6 is 0 Å². The Balaban J connectivity index is 2.05. The second-order valence-electron chi connectivity index (χ2n) is 4.25. The van der Waals surface area contributed by atoms with Crippen molar-refractivity contribution in [1.29, 1.82) is 0 Å². The van der Waals surface area contributed by atoms with Crippen LogP contribution in [0.15, 0.2) is 24.4 Å². The molecule has 0 aliphatic carbocycles. The maximum absolute atomic E-state index is 5.82. The summed E-state index contributed by atoms with van der Waals surface area (Å²) in [7, 11) is 0. The highest BCUT2D eigenvalue weighted by Crippen LogP contribution is 2.26. The molecule has 1 aliphatic heterocycles. The van der Waals surface area contributed by atoms with Gasteiger partial charge in [-0.25, -0.2) is 0 Å². The number of nitrogens with zero attached hydrogens (tertiary/aromatic N) is 2. The summed E-state index contributed by atoms with van der Waals surface area (Å²) in [5, 5.41) is 5.62. The zero-order chi connectivity index (χ0) is 11.0. The molecule has 1 aromatic heterocycles. The van der Waals surface area contributed by atoms with Gasteiger partial charge in [0.05, 0.1) is 17.8 Å². The minimum atomic E-state index is 0.452. The fourth-order valence-corrected chi connectivity index (χ4v) is 2.28. The van der Waals surface area contributed by atoms with Gasteiger partial charge < -0.3 is 10.5 Å². The maximum Gasteiger partial charge on any atom is 0.0706 e. The Kier molecular flexibility index (Phi) is 2.29. The minimum absolute atomic E-state index is 0.452. The summed E-state index contributed by atoms with van der Waals surface area (Å²) in [4.78, 5) is 0. The molecule has 4 heteroatoms. The van der Waals surface area contributed by atoms with E-state index in [0.29, 0.717) is 6.04 Å². The first-order valence-electron chi connectivity index (χ1n) is 5.65. The lowest BCUT2D eigenvalue weighted by Crippen LogP contribution is -2.20. The van der Waals surface area contributed by atoms with Crippen molar-refractivity contribution in [3.8, 4) is 0 Å². The lowest BCUT2D eigenvalue weighted by molar-refractivity contribution is 0.0675. The number of rotatable bonds is 1. The predicted molar refractivity (Wildman–Crippen MR) is 63.2 cm³/mol. The van der Waals surface area contributed by atoms with Gasteiger partial charge in [-0.3, -0.25) is 4.68 Å². The number of hydrogen-bond acceptors (Lipinski definition) is 3. The number of nitrogens with two attached hydrogens (primary N) is 1. The van der Waals surface area contributed by atoms with Crippen LogP contribution in [0.5, 0.6) is 0 Å². The van der Waals surface area contributed by atoms with Crippen LogP contribution in [-0.4, -0.2) is 23.0 Å². The van der Waals surface area contributed by atoms with Gasteiger partial charge in [-0.15, -0.1) is 0 Å². The Morgan fingerprint density at radius 3 is 2.94 bits per heavy atom. The standard InChI is InChI=1S/C12H15N3O/c13-10-2-1-9-8-14-15(12(9)7-10)11-3-5-16-6-4-11/h1-2,7-8,11H,3-6,13H2. The molecule has 3 rings (SSSR count). The van der Waals surface area contributed by atoms with E-state index >= 15 is 0 Å².